The number of fused-ring (bicyclic) bond motifs is 3. The van der Waals surface area contributed by atoms with Gasteiger partial charge < -0.3 is 10.2 Å². The zero-order valence-electron chi connectivity index (χ0n) is 25.2. The number of hydrogen-bond acceptors (Lipinski definition) is 4. The van der Waals surface area contributed by atoms with Crippen molar-refractivity contribution in [2.45, 2.75) is 78.4 Å². The summed E-state index contributed by atoms with van der Waals surface area (Å²) in [6.45, 7) is 20.1. The van der Waals surface area contributed by atoms with Crippen LogP contribution in [0.3, 0.4) is 0 Å². The van der Waals surface area contributed by atoms with Crippen molar-refractivity contribution >= 4 is 17.5 Å². The smallest absolute Gasteiger partial charge is 0.0636 e. The maximum atomic E-state index is 4.50. The molecule has 2 atom stereocenters. The Hall–Kier alpha value is -3.11. The number of nitrogens with one attached hydrogen (secondary N) is 1. The Kier molecular flexibility index (Phi) is 7.13. The van der Waals surface area contributed by atoms with Gasteiger partial charge in [0.2, 0.25) is 0 Å². The van der Waals surface area contributed by atoms with E-state index in [9.17, 15) is 0 Å². The van der Waals surface area contributed by atoms with Gasteiger partial charge in [-0.15, -0.1) is 0 Å². The highest BCUT2D eigenvalue weighted by molar-refractivity contribution is 5.76. The van der Waals surface area contributed by atoms with Crippen molar-refractivity contribution in [2.24, 2.45) is 5.41 Å². The summed E-state index contributed by atoms with van der Waals surface area (Å²) in [5.74, 6) is 0.295. The van der Waals surface area contributed by atoms with Crippen LogP contribution in [0, 0.1) is 12.3 Å². The fraction of sp³-hybridized carbons (Fsp3) is 0.457. The second-order valence-corrected chi connectivity index (χ2v) is 13.3. The van der Waals surface area contributed by atoms with Crippen LogP contribution in [0.25, 0.3) is 6.08 Å². The second-order valence-electron chi connectivity index (χ2n) is 13.3. The minimum atomic E-state index is -0.123. The number of likely N-dealkylation sites (N-methyl/N-ethyl adjacent to an activating group) is 1. The Morgan fingerprint density at radius 1 is 1.13 bits per heavy atom. The third-order valence-corrected chi connectivity index (χ3v) is 9.28. The molecular formula is C35H46N4. The Morgan fingerprint density at radius 3 is 2.59 bits per heavy atom. The predicted molar refractivity (Wildman–Crippen MR) is 167 cm³/mol. The molecule has 1 aliphatic heterocycles. The molecule has 2 aliphatic rings. The largest absolute Gasteiger partial charge is 0.386 e. The number of aryl methyl sites for hydroxylation is 1. The van der Waals surface area contributed by atoms with E-state index in [2.05, 4.69) is 112 Å². The highest BCUT2D eigenvalue weighted by Crippen LogP contribution is 2.49. The van der Waals surface area contributed by atoms with Crippen LogP contribution in [-0.4, -0.2) is 36.1 Å². The van der Waals surface area contributed by atoms with E-state index in [1.807, 2.05) is 25.5 Å². The number of pyridine rings is 1. The van der Waals surface area contributed by atoms with E-state index in [1.54, 1.807) is 0 Å². The predicted octanol–water partition coefficient (Wildman–Crippen LogP) is 7.97. The maximum absolute atomic E-state index is 4.50. The van der Waals surface area contributed by atoms with E-state index in [0.29, 0.717) is 12.0 Å². The number of aromatic nitrogens is 1. The number of rotatable bonds is 4. The van der Waals surface area contributed by atoms with Crippen LogP contribution in [-0.2, 0) is 13.0 Å². The summed E-state index contributed by atoms with van der Waals surface area (Å²) in [5.41, 5.74) is 12.1. The minimum Gasteiger partial charge on any atom is -0.386 e. The summed E-state index contributed by atoms with van der Waals surface area (Å²) in [4.78, 5) is 9.73. The second kappa shape index (κ2) is 10.1. The molecule has 206 valence electrons. The molecule has 0 spiro atoms. The first-order valence-electron chi connectivity index (χ1n) is 14.4. The normalized spacial score (nSPS) is 20.8. The van der Waals surface area contributed by atoms with Gasteiger partial charge in [-0.1, -0.05) is 57.7 Å². The van der Waals surface area contributed by atoms with E-state index in [0.717, 1.165) is 25.9 Å². The Bertz CT molecular complexity index is 1380. The van der Waals surface area contributed by atoms with Crippen LogP contribution in [0.2, 0.25) is 0 Å². The zero-order chi connectivity index (χ0) is 28.1. The minimum absolute atomic E-state index is 0.0675. The standard InChI is InChI=1S/C35H46N4/c1-10-24-17-18-37-20-27(24)21-39-22-35(6,7)38(9)33-23(2)28(14-15-30(33)36-8)32(34(3,4)5)26-12-11-25-13-16-31(39)29(25)19-26/h10-12,14-15,17-20,31-32,36H,1,13,16,21-22H2,2-9H3. The molecule has 2 heterocycles. The topological polar surface area (TPSA) is 31.4 Å². The monoisotopic (exact) mass is 522 g/mol. The first-order valence-corrected chi connectivity index (χ1v) is 14.4. The van der Waals surface area contributed by atoms with Crippen molar-refractivity contribution in [1.82, 2.24) is 9.88 Å². The van der Waals surface area contributed by atoms with Crippen molar-refractivity contribution in [3.63, 3.8) is 0 Å². The molecule has 5 rings (SSSR count). The highest BCUT2D eigenvalue weighted by atomic mass is 15.3. The van der Waals surface area contributed by atoms with Crippen molar-refractivity contribution in [3.8, 4) is 0 Å². The number of hydrogen-bond donors (Lipinski definition) is 1. The molecule has 1 N–H and O–H groups in total. The van der Waals surface area contributed by atoms with E-state index < -0.39 is 0 Å². The third-order valence-electron chi connectivity index (χ3n) is 9.28. The van der Waals surface area contributed by atoms with E-state index in [1.165, 1.54) is 50.3 Å². The molecule has 3 aromatic rings. The Labute approximate surface area is 236 Å². The Balaban J connectivity index is 1.76. The maximum Gasteiger partial charge on any atom is 0.0636 e. The summed E-state index contributed by atoms with van der Waals surface area (Å²) < 4.78 is 0. The fourth-order valence-electron chi connectivity index (χ4n) is 7.14. The lowest BCUT2D eigenvalue weighted by Crippen LogP contribution is -2.51. The molecule has 2 unspecified atom stereocenters. The molecule has 4 nitrogen and oxygen atoms in total. The first-order chi connectivity index (χ1) is 18.5. The van der Waals surface area contributed by atoms with Crippen molar-refractivity contribution in [1.29, 1.82) is 0 Å². The zero-order valence-corrected chi connectivity index (χ0v) is 25.2. The van der Waals surface area contributed by atoms with Gasteiger partial charge in [-0.3, -0.25) is 9.88 Å². The lowest BCUT2D eigenvalue weighted by Gasteiger charge is -2.45. The average molecular weight is 523 g/mol. The Morgan fingerprint density at radius 2 is 1.90 bits per heavy atom. The van der Waals surface area contributed by atoms with Crippen LogP contribution < -0.4 is 10.2 Å². The third kappa shape index (κ3) is 4.89. The van der Waals surface area contributed by atoms with Crippen molar-refractivity contribution < 1.29 is 0 Å². The molecule has 0 radical (unpaired) electrons. The highest BCUT2D eigenvalue weighted by Gasteiger charge is 2.38. The molecule has 0 fully saturated rings. The van der Waals surface area contributed by atoms with E-state index >= 15 is 0 Å². The van der Waals surface area contributed by atoms with Gasteiger partial charge in [0.25, 0.3) is 0 Å². The molecule has 4 bridgehead atoms. The van der Waals surface area contributed by atoms with E-state index in [-0.39, 0.29) is 11.0 Å². The van der Waals surface area contributed by atoms with Crippen LogP contribution >= 0.6 is 0 Å². The van der Waals surface area contributed by atoms with Crippen LogP contribution in [0.15, 0.2) is 55.4 Å². The molecule has 0 amide bonds. The molecule has 1 aromatic heterocycles. The van der Waals surface area contributed by atoms with Gasteiger partial charge in [0.1, 0.15) is 0 Å². The summed E-state index contributed by atoms with van der Waals surface area (Å²) in [7, 11) is 4.32. The molecule has 1 aliphatic carbocycles. The molecule has 2 aromatic carbocycles. The summed E-state index contributed by atoms with van der Waals surface area (Å²) in [5, 5.41) is 3.51. The van der Waals surface area contributed by atoms with Crippen molar-refractivity contribution in [3.05, 3.63) is 94.3 Å². The van der Waals surface area contributed by atoms with Crippen molar-refractivity contribution in [2.75, 3.05) is 30.9 Å². The number of anilines is 2. The number of benzene rings is 2. The molecule has 0 saturated heterocycles. The van der Waals surface area contributed by atoms with Gasteiger partial charge in [-0.05, 0) is 90.1 Å². The van der Waals surface area contributed by atoms with Crippen LogP contribution in [0.1, 0.15) is 91.9 Å². The van der Waals surface area contributed by atoms with Crippen LogP contribution in [0.5, 0.6) is 0 Å². The van der Waals surface area contributed by atoms with Crippen LogP contribution in [0.4, 0.5) is 11.4 Å². The number of nitrogens with zero attached hydrogens (tertiary/aromatic N) is 3. The summed E-state index contributed by atoms with van der Waals surface area (Å²) >= 11 is 0. The quantitative estimate of drug-likeness (QED) is 0.376. The average Bonchev–Trinajstić information content (AvgIpc) is 3.31. The summed E-state index contributed by atoms with van der Waals surface area (Å²) in [6, 6.07) is 14.5. The van der Waals surface area contributed by atoms with E-state index in [4.69, 9.17) is 0 Å². The lowest BCUT2D eigenvalue weighted by atomic mass is 9.70. The summed E-state index contributed by atoms with van der Waals surface area (Å²) in [6.07, 6.45) is 8.14. The molecule has 39 heavy (non-hydrogen) atoms. The first kappa shape index (κ1) is 27.5. The van der Waals surface area contributed by atoms with Gasteiger partial charge >= 0.3 is 0 Å². The van der Waals surface area contributed by atoms with Gasteiger partial charge in [0, 0.05) is 57.1 Å². The van der Waals surface area contributed by atoms with Gasteiger partial charge in [-0.2, -0.15) is 0 Å². The molecule has 4 heteroatoms. The fourth-order valence-corrected chi connectivity index (χ4v) is 7.14. The molecule has 0 saturated carbocycles. The SMILES string of the molecule is C=Cc1ccncc1CN1CC(C)(C)N(C)c2c(NC)ccc(c2C)C(C(C)(C)C)c2ccc3c(c2)C1CC3. The molecular weight excluding hydrogens is 476 g/mol. The van der Waals surface area contributed by atoms with Gasteiger partial charge in [0.15, 0.2) is 0 Å². The lowest BCUT2D eigenvalue weighted by molar-refractivity contribution is 0.151. The van der Waals surface area contributed by atoms with Gasteiger partial charge in [0.05, 0.1) is 11.4 Å². The van der Waals surface area contributed by atoms with Gasteiger partial charge in [-0.25, -0.2) is 0 Å².